The number of benzene rings is 2. The van der Waals surface area contributed by atoms with E-state index in [0.29, 0.717) is 12.2 Å². The van der Waals surface area contributed by atoms with E-state index in [9.17, 15) is 0 Å². The Kier molecular flexibility index (Phi) is 4.95. The van der Waals surface area contributed by atoms with Crippen LogP contribution in [-0.4, -0.2) is 11.0 Å². The monoisotopic (exact) mass is 284 g/mol. The van der Waals surface area contributed by atoms with E-state index in [2.05, 4.69) is 17.3 Å². The smallest absolute Gasteiger partial charge is 0.170 e. The first kappa shape index (κ1) is 15.1. The maximum absolute atomic E-state index is 8.69. The summed E-state index contributed by atoms with van der Waals surface area (Å²) < 4.78 is 5.91. The molecule has 21 heavy (non-hydrogen) atoms. The van der Waals surface area contributed by atoms with Crippen LogP contribution in [0.15, 0.2) is 53.7 Å². The van der Waals surface area contributed by atoms with Gasteiger partial charge in [0.2, 0.25) is 0 Å². The number of hydrogen-bond acceptors (Lipinski definition) is 3. The summed E-state index contributed by atoms with van der Waals surface area (Å²) in [6.45, 7) is 4.55. The topological polar surface area (TPSA) is 67.8 Å². The zero-order valence-electron chi connectivity index (χ0n) is 12.3. The van der Waals surface area contributed by atoms with Crippen LogP contribution in [-0.2, 0) is 11.3 Å². The molecule has 1 atom stereocenters. The first-order valence-corrected chi connectivity index (χ1v) is 6.85. The Morgan fingerprint density at radius 2 is 1.95 bits per heavy atom. The van der Waals surface area contributed by atoms with Crippen molar-refractivity contribution in [3.63, 3.8) is 0 Å². The van der Waals surface area contributed by atoms with Crippen molar-refractivity contribution in [1.29, 1.82) is 0 Å². The number of rotatable bonds is 5. The van der Waals surface area contributed by atoms with Gasteiger partial charge in [0.05, 0.1) is 12.7 Å². The van der Waals surface area contributed by atoms with Gasteiger partial charge in [-0.25, -0.2) is 0 Å². The summed E-state index contributed by atoms with van der Waals surface area (Å²) in [5, 5.41) is 11.7. The summed E-state index contributed by atoms with van der Waals surface area (Å²) >= 11 is 0. The fraction of sp³-hybridized carbons (Fsp3) is 0.235. The SMILES string of the molecule is Cc1cc(/C(N)=N/O)ccc1COC(C)c1ccccc1. The van der Waals surface area contributed by atoms with Gasteiger partial charge in [-0.3, -0.25) is 0 Å². The van der Waals surface area contributed by atoms with E-state index in [1.807, 2.05) is 50.2 Å². The molecular weight excluding hydrogens is 264 g/mol. The second-order valence-corrected chi connectivity index (χ2v) is 4.99. The second-order valence-electron chi connectivity index (χ2n) is 4.99. The quantitative estimate of drug-likeness (QED) is 0.383. The van der Waals surface area contributed by atoms with Gasteiger partial charge in [0.1, 0.15) is 0 Å². The van der Waals surface area contributed by atoms with Crippen LogP contribution in [0, 0.1) is 6.92 Å². The fourth-order valence-corrected chi connectivity index (χ4v) is 2.11. The van der Waals surface area contributed by atoms with Crippen molar-refractivity contribution >= 4 is 5.84 Å². The van der Waals surface area contributed by atoms with E-state index in [4.69, 9.17) is 15.7 Å². The summed E-state index contributed by atoms with van der Waals surface area (Å²) in [6.07, 6.45) is 0.0364. The molecule has 0 amide bonds. The summed E-state index contributed by atoms with van der Waals surface area (Å²) in [5.41, 5.74) is 9.58. The Hall–Kier alpha value is -2.33. The highest BCUT2D eigenvalue weighted by Crippen LogP contribution is 2.20. The third-order valence-electron chi connectivity index (χ3n) is 3.50. The average molecular weight is 284 g/mol. The molecule has 0 radical (unpaired) electrons. The molecule has 0 heterocycles. The molecule has 110 valence electrons. The molecule has 0 aliphatic rings. The van der Waals surface area contributed by atoms with Gasteiger partial charge < -0.3 is 15.7 Å². The molecule has 1 unspecified atom stereocenters. The van der Waals surface area contributed by atoms with Crippen LogP contribution in [0.25, 0.3) is 0 Å². The van der Waals surface area contributed by atoms with Crippen molar-refractivity contribution < 1.29 is 9.94 Å². The van der Waals surface area contributed by atoms with Gasteiger partial charge in [-0.15, -0.1) is 0 Å². The maximum atomic E-state index is 8.69. The number of nitrogens with zero attached hydrogens (tertiary/aromatic N) is 1. The lowest BCUT2D eigenvalue weighted by atomic mass is 10.0. The van der Waals surface area contributed by atoms with Gasteiger partial charge in [-0.05, 0) is 36.6 Å². The molecule has 0 fully saturated rings. The van der Waals surface area contributed by atoms with Crippen molar-refractivity contribution in [2.75, 3.05) is 0 Å². The van der Waals surface area contributed by atoms with E-state index in [0.717, 1.165) is 16.7 Å². The largest absolute Gasteiger partial charge is 0.409 e. The Bertz CT molecular complexity index is 624. The van der Waals surface area contributed by atoms with Crippen molar-refractivity contribution in [3.8, 4) is 0 Å². The van der Waals surface area contributed by atoms with Crippen LogP contribution in [0.4, 0.5) is 0 Å². The molecule has 0 aliphatic heterocycles. The molecule has 0 bridgehead atoms. The van der Waals surface area contributed by atoms with E-state index in [1.54, 1.807) is 0 Å². The minimum atomic E-state index is 0.0364. The minimum absolute atomic E-state index is 0.0364. The Balaban J connectivity index is 2.04. The van der Waals surface area contributed by atoms with Crippen LogP contribution in [0.5, 0.6) is 0 Å². The molecule has 0 aromatic heterocycles. The molecule has 4 heteroatoms. The Labute approximate surface area is 124 Å². The fourth-order valence-electron chi connectivity index (χ4n) is 2.11. The van der Waals surface area contributed by atoms with Crippen LogP contribution in [0.1, 0.15) is 35.3 Å². The van der Waals surface area contributed by atoms with Crippen LogP contribution in [0.3, 0.4) is 0 Å². The van der Waals surface area contributed by atoms with E-state index in [-0.39, 0.29) is 11.9 Å². The maximum Gasteiger partial charge on any atom is 0.170 e. The molecule has 0 saturated heterocycles. The minimum Gasteiger partial charge on any atom is -0.409 e. The van der Waals surface area contributed by atoms with Crippen molar-refractivity contribution in [2.24, 2.45) is 10.9 Å². The zero-order valence-corrected chi connectivity index (χ0v) is 12.3. The van der Waals surface area contributed by atoms with E-state index < -0.39 is 0 Å². The lowest BCUT2D eigenvalue weighted by Gasteiger charge is -2.15. The van der Waals surface area contributed by atoms with Gasteiger partial charge in [0.25, 0.3) is 0 Å². The van der Waals surface area contributed by atoms with Crippen LogP contribution >= 0.6 is 0 Å². The first-order chi connectivity index (χ1) is 10.1. The van der Waals surface area contributed by atoms with Crippen LogP contribution < -0.4 is 5.73 Å². The molecule has 3 N–H and O–H groups in total. The molecule has 0 spiro atoms. The zero-order chi connectivity index (χ0) is 15.2. The molecule has 2 rings (SSSR count). The van der Waals surface area contributed by atoms with Gasteiger partial charge in [0.15, 0.2) is 5.84 Å². The molecule has 0 saturated carbocycles. The predicted molar refractivity (Wildman–Crippen MR) is 83.3 cm³/mol. The highest BCUT2D eigenvalue weighted by molar-refractivity contribution is 5.97. The second kappa shape index (κ2) is 6.90. The molecular formula is C17H20N2O2. The standard InChI is InChI=1S/C17H20N2O2/c1-12-10-15(17(18)19-20)8-9-16(12)11-21-13(2)14-6-4-3-5-7-14/h3-10,13,20H,11H2,1-2H3,(H2,18,19). The summed E-state index contributed by atoms with van der Waals surface area (Å²) in [5.74, 6) is 0.114. The molecule has 0 aliphatic carbocycles. The van der Waals surface area contributed by atoms with Gasteiger partial charge >= 0.3 is 0 Å². The highest BCUT2D eigenvalue weighted by Gasteiger charge is 2.08. The van der Waals surface area contributed by atoms with Crippen molar-refractivity contribution in [3.05, 3.63) is 70.8 Å². The molecule has 2 aromatic rings. The number of amidine groups is 1. The van der Waals surface area contributed by atoms with Crippen molar-refractivity contribution in [1.82, 2.24) is 0 Å². The number of nitrogens with two attached hydrogens (primary N) is 1. The lowest BCUT2D eigenvalue weighted by Crippen LogP contribution is -2.13. The highest BCUT2D eigenvalue weighted by atomic mass is 16.5. The van der Waals surface area contributed by atoms with Crippen LogP contribution in [0.2, 0.25) is 0 Å². The normalized spacial score (nSPS) is 13.1. The van der Waals surface area contributed by atoms with Gasteiger partial charge in [-0.2, -0.15) is 0 Å². The lowest BCUT2D eigenvalue weighted by molar-refractivity contribution is 0.0523. The predicted octanol–water partition coefficient (Wildman–Crippen LogP) is 3.37. The summed E-state index contributed by atoms with van der Waals surface area (Å²) in [6, 6.07) is 15.8. The molecule has 4 nitrogen and oxygen atoms in total. The average Bonchev–Trinajstić information content (AvgIpc) is 2.53. The van der Waals surface area contributed by atoms with E-state index >= 15 is 0 Å². The third kappa shape index (κ3) is 3.83. The third-order valence-corrected chi connectivity index (χ3v) is 3.50. The Morgan fingerprint density at radius 3 is 2.57 bits per heavy atom. The Morgan fingerprint density at radius 1 is 1.24 bits per heavy atom. The van der Waals surface area contributed by atoms with E-state index in [1.165, 1.54) is 0 Å². The number of hydrogen-bond donors (Lipinski definition) is 2. The summed E-state index contributed by atoms with van der Waals surface area (Å²) in [4.78, 5) is 0. The summed E-state index contributed by atoms with van der Waals surface area (Å²) in [7, 11) is 0. The number of aryl methyl sites for hydroxylation is 1. The molecule has 2 aromatic carbocycles. The number of ether oxygens (including phenoxy) is 1. The van der Waals surface area contributed by atoms with Gasteiger partial charge in [0, 0.05) is 5.56 Å². The first-order valence-electron chi connectivity index (χ1n) is 6.85. The van der Waals surface area contributed by atoms with Crippen molar-refractivity contribution in [2.45, 2.75) is 26.6 Å². The van der Waals surface area contributed by atoms with Gasteiger partial charge in [-0.1, -0.05) is 47.6 Å². The number of oxime groups is 1.